The van der Waals surface area contributed by atoms with Gasteiger partial charge in [-0.2, -0.15) is 0 Å². The molecular formula is C16H16Cl2FN. The third-order valence-electron chi connectivity index (χ3n) is 3.27. The van der Waals surface area contributed by atoms with Crippen molar-refractivity contribution in [2.24, 2.45) is 0 Å². The second kappa shape index (κ2) is 6.47. The average Bonchev–Trinajstić information content (AvgIpc) is 2.41. The number of anilines is 1. The van der Waals surface area contributed by atoms with Crippen molar-refractivity contribution in [3.8, 4) is 0 Å². The predicted octanol–water partition coefficient (Wildman–Crippen LogP) is 6.00. The zero-order chi connectivity index (χ0) is 14.7. The molecule has 0 aliphatic rings. The maximum atomic E-state index is 13.1. The highest BCUT2D eigenvalue weighted by molar-refractivity contribution is 6.42. The lowest BCUT2D eigenvalue weighted by molar-refractivity contribution is 0.626. The number of aryl methyl sites for hydroxylation is 1. The molecule has 0 saturated heterocycles. The summed E-state index contributed by atoms with van der Waals surface area (Å²) in [5.41, 5.74) is 2.86. The van der Waals surface area contributed by atoms with Crippen LogP contribution in [0, 0.1) is 12.7 Å². The van der Waals surface area contributed by atoms with Crippen molar-refractivity contribution < 1.29 is 4.39 Å². The van der Waals surface area contributed by atoms with Crippen LogP contribution in [-0.2, 0) is 0 Å². The molecule has 0 aliphatic carbocycles. The van der Waals surface area contributed by atoms with E-state index < -0.39 is 0 Å². The Bertz CT molecular complexity index is 613. The quantitative estimate of drug-likeness (QED) is 0.729. The molecule has 0 amide bonds. The van der Waals surface area contributed by atoms with Crippen molar-refractivity contribution in [2.75, 3.05) is 5.32 Å². The number of hydrogen-bond donors (Lipinski definition) is 1. The molecule has 0 heterocycles. The van der Waals surface area contributed by atoms with E-state index in [1.807, 2.05) is 19.1 Å². The third kappa shape index (κ3) is 3.44. The van der Waals surface area contributed by atoms with Crippen molar-refractivity contribution in [1.82, 2.24) is 0 Å². The van der Waals surface area contributed by atoms with Crippen LogP contribution in [0.15, 0.2) is 36.4 Å². The SMILES string of the molecule is CCC(Nc1ccc(F)cc1C)c1ccc(Cl)c(Cl)c1. The van der Waals surface area contributed by atoms with Gasteiger partial charge in [-0.05, 0) is 54.8 Å². The van der Waals surface area contributed by atoms with E-state index in [0.29, 0.717) is 10.0 Å². The van der Waals surface area contributed by atoms with Gasteiger partial charge in [0.05, 0.1) is 16.1 Å². The standard InChI is InChI=1S/C16H16Cl2FN/c1-3-15(11-4-6-13(17)14(18)9-11)20-16-7-5-12(19)8-10(16)2/h4-9,15,20H,3H2,1-2H3. The van der Waals surface area contributed by atoms with Crippen LogP contribution < -0.4 is 5.32 Å². The van der Waals surface area contributed by atoms with E-state index in [1.165, 1.54) is 12.1 Å². The highest BCUT2D eigenvalue weighted by atomic mass is 35.5. The van der Waals surface area contributed by atoms with Crippen molar-refractivity contribution in [3.63, 3.8) is 0 Å². The lowest BCUT2D eigenvalue weighted by Crippen LogP contribution is -2.10. The second-order valence-electron chi connectivity index (χ2n) is 4.74. The minimum atomic E-state index is -0.226. The Morgan fingerprint density at radius 3 is 2.45 bits per heavy atom. The molecule has 0 aliphatic heterocycles. The molecule has 2 rings (SSSR count). The molecule has 0 aromatic heterocycles. The Labute approximate surface area is 128 Å². The third-order valence-corrected chi connectivity index (χ3v) is 4.01. The molecule has 20 heavy (non-hydrogen) atoms. The summed E-state index contributed by atoms with van der Waals surface area (Å²) in [4.78, 5) is 0. The van der Waals surface area contributed by atoms with E-state index in [-0.39, 0.29) is 11.9 Å². The van der Waals surface area contributed by atoms with E-state index in [2.05, 4.69) is 12.2 Å². The van der Waals surface area contributed by atoms with Gasteiger partial charge in [0.1, 0.15) is 5.82 Å². The second-order valence-corrected chi connectivity index (χ2v) is 5.55. The summed E-state index contributed by atoms with van der Waals surface area (Å²) in [6.07, 6.45) is 0.884. The molecule has 106 valence electrons. The van der Waals surface area contributed by atoms with Crippen LogP contribution in [0.4, 0.5) is 10.1 Å². The van der Waals surface area contributed by atoms with E-state index in [1.54, 1.807) is 12.1 Å². The largest absolute Gasteiger partial charge is 0.378 e. The maximum Gasteiger partial charge on any atom is 0.123 e. The summed E-state index contributed by atoms with van der Waals surface area (Å²) < 4.78 is 13.1. The minimum Gasteiger partial charge on any atom is -0.378 e. The Hall–Kier alpha value is -1.25. The summed E-state index contributed by atoms with van der Waals surface area (Å²) >= 11 is 12.0. The molecule has 4 heteroatoms. The lowest BCUT2D eigenvalue weighted by Gasteiger charge is -2.20. The zero-order valence-corrected chi connectivity index (χ0v) is 12.9. The van der Waals surface area contributed by atoms with Crippen LogP contribution in [0.2, 0.25) is 10.0 Å². The molecule has 1 atom stereocenters. The molecule has 2 aromatic carbocycles. The lowest BCUT2D eigenvalue weighted by atomic mass is 10.0. The highest BCUT2D eigenvalue weighted by Crippen LogP contribution is 2.30. The van der Waals surface area contributed by atoms with Gasteiger partial charge < -0.3 is 5.32 Å². The van der Waals surface area contributed by atoms with Gasteiger partial charge in [-0.25, -0.2) is 4.39 Å². The Kier molecular flexibility index (Phi) is 4.90. The Morgan fingerprint density at radius 2 is 1.85 bits per heavy atom. The van der Waals surface area contributed by atoms with E-state index in [9.17, 15) is 4.39 Å². The van der Waals surface area contributed by atoms with Gasteiger partial charge in [0.15, 0.2) is 0 Å². The fourth-order valence-corrected chi connectivity index (χ4v) is 2.43. The molecule has 1 unspecified atom stereocenters. The summed E-state index contributed by atoms with van der Waals surface area (Å²) in [5.74, 6) is -0.226. The van der Waals surface area contributed by atoms with Crippen LogP contribution >= 0.6 is 23.2 Å². The first-order valence-electron chi connectivity index (χ1n) is 6.49. The zero-order valence-electron chi connectivity index (χ0n) is 11.4. The molecule has 2 aromatic rings. The fraction of sp³-hybridized carbons (Fsp3) is 0.250. The van der Waals surface area contributed by atoms with E-state index >= 15 is 0 Å². The number of rotatable bonds is 4. The first-order valence-corrected chi connectivity index (χ1v) is 7.24. The number of hydrogen-bond acceptors (Lipinski definition) is 1. The van der Waals surface area contributed by atoms with Crippen LogP contribution in [0.25, 0.3) is 0 Å². The van der Waals surface area contributed by atoms with Crippen LogP contribution in [-0.4, -0.2) is 0 Å². The van der Waals surface area contributed by atoms with Crippen molar-refractivity contribution >= 4 is 28.9 Å². The van der Waals surface area contributed by atoms with Gasteiger partial charge >= 0.3 is 0 Å². The van der Waals surface area contributed by atoms with E-state index in [4.69, 9.17) is 23.2 Å². The first kappa shape index (κ1) is 15.1. The van der Waals surface area contributed by atoms with Gasteiger partial charge in [0.2, 0.25) is 0 Å². The predicted molar refractivity (Wildman–Crippen MR) is 84.3 cm³/mol. The maximum absolute atomic E-state index is 13.1. The fourth-order valence-electron chi connectivity index (χ4n) is 2.13. The molecular weight excluding hydrogens is 296 g/mol. The molecule has 0 saturated carbocycles. The van der Waals surface area contributed by atoms with Crippen molar-refractivity contribution in [1.29, 1.82) is 0 Å². The summed E-state index contributed by atoms with van der Waals surface area (Å²) in [6, 6.07) is 10.4. The minimum absolute atomic E-state index is 0.105. The molecule has 0 radical (unpaired) electrons. The smallest absolute Gasteiger partial charge is 0.123 e. The van der Waals surface area contributed by atoms with Gasteiger partial charge in [-0.15, -0.1) is 0 Å². The van der Waals surface area contributed by atoms with Gasteiger partial charge in [-0.1, -0.05) is 36.2 Å². The van der Waals surface area contributed by atoms with E-state index in [0.717, 1.165) is 23.2 Å². The Balaban J connectivity index is 2.26. The molecule has 0 fully saturated rings. The molecule has 0 bridgehead atoms. The normalized spacial score (nSPS) is 12.2. The van der Waals surface area contributed by atoms with Crippen molar-refractivity contribution in [3.05, 3.63) is 63.4 Å². The van der Waals surface area contributed by atoms with Crippen LogP contribution in [0.5, 0.6) is 0 Å². The van der Waals surface area contributed by atoms with Crippen molar-refractivity contribution in [2.45, 2.75) is 26.3 Å². The van der Waals surface area contributed by atoms with Gasteiger partial charge in [0.25, 0.3) is 0 Å². The Morgan fingerprint density at radius 1 is 1.10 bits per heavy atom. The number of benzene rings is 2. The number of nitrogens with one attached hydrogen (secondary N) is 1. The number of halogens is 3. The van der Waals surface area contributed by atoms with Gasteiger partial charge in [-0.3, -0.25) is 0 Å². The summed E-state index contributed by atoms with van der Waals surface area (Å²) in [5, 5.41) is 4.51. The molecule has 0 spiro atoms. The van der Waals surface area contributed by atoms with Crippen LogP contribution in [0.3, 0.4) is 0 Å². The first-order chi connectivity index (χ1) is 9.51. The molecule has 1 nitrogen and oxygen atoms in total. The average molecular weight is 312 g/mol. The topological polar surface area (TPSA) is 12.0 Å². The van der Waals surface area contributed by atoms with Crippen LogP contribution in [0.1, 0.15) is 30.5 Å². The highest BCUT2D eigenvalue weighted by Gasteiger charge is 2.12. The molecule has 1 N–H and O–H groups in total. The van der Waals surface area contributed by atoms with Gasteiger partial charge in [0, 0.05) is 5.69 Å². The summed E-state index contributed by atoms with van der Waals surface area (Å²) in [7, 11) is 0. The monoisotopic (exact) mass is 311 g/mol. The summed E-state index contributed by atoms with van der Waals surface area (Å²) in [6.45, 7) is 3.96.